The van der Waals surface area contributed by atoms with Gasteiger partial charge in [0.2, 0.25) is 0 Å². The van der Waals surface area contributed by atoms with E-state index in [-0.39, 0.29) is 11.1 Å². The summed E-state index contributed by atoms with van der Waals surface area (Å²) in [6.07, 6.45) is -2.68. The van der Waals surface area contributed by atoms with Gasteiger partial charge in [-0.25, -0.2) is 0 Å². The third-order valence-electron chi connectivity index (χ3n) is 3.41. The van der Waals surface area contributed by atoms with Crippen LogP contribution in [0.25, 0.3) is 0 Å². The molecule has 110 valence electrons. The van der Waals surface area contributed by atoms with Gasteiger partial charge in [0.15, 0.2) is 0 Å². The summed E-state index contributed by atoms with van der Waals surface area (Å²) in [6.45, 7) is 7.16. The summed E-state index contributed by atoms with van der Waals surface area (Å²) in [6, 6.07) is 3.79. The summed E-state index contributed by atoms with van der Waals surface area (Å²) in [5.74, 6) is 0. The highest BCUT2D eigenvalue weighted by Crippen LogP contribution is 2.36. The van der Waals surface area contributed by atoms with E-state index in [9.17, 15) is 13.2 Å². The van der Waals surface area contributed by atoms with E-state index in [1.54, 1.807) is 6.08 Å². The minimum atomic E-state index is -4.42. The van der Waals surface area contributed by atoms with Gasteiger partial charge in [0, 0.05) is 26.2 Å². The van der Waals surface area contributed by atoms with E-state index in [1.807, 2.05) is 0 Å². The van der Waals surface area contributed by atoms with Crippen molar-refractivity contribution in [2.75, 3.05) is 26.2 Å². The van der Waals surface area contributed by atoms with Crippen molar-refractivity contribution in [3.05, 3.63) is 47.0 Å². The summed E-state index contributed by atoms with van der Waals surface area (Å²) in [5, 5.41) is 2.97. The van der Waals surface area contributed by atoms with Crippen molar-refractivity contribution in [1.82, 2.24) is 10.2 Å². The molecule has 1 aliphatic heterocycles. The molecule has 0 radical (unpaired) electrons. The van der Waals surface area contributed by atoms with Gasteiger partial charge >= 0.3 is 6.18 Å². The quantitative estimate of drug-likeness (QED) is 0.860. The van der Waals surface area contributed by atoms with Gasteiger partial charge in [0.25, 0.3) is 0 Å². The van der Waals surface area contributed by atoms with Crippen molar-refractivity contribution in [1.29, 1.82) is 0 Å². The Hall–Kier alpha value is -1.04. The molecule has 2 rings (SSSR count). The van der Waals surface area contributed by atoms with Crippen molar-refractivity contribution >= 4 is 11.6 Å². The smallest absolute Gasteiger partial charge is 0.314 e. The van der Waals surface area contributed by atoms with Crippen LogP contribution in [-0.4, -0.2) is 31.1 Å². The average molecular weight is 305 g/mol. The number of nitrogens with one attached hydrogen (secondary N) is 1. The van der Waals surface area contributed by atoms with Crippen molar-refractivity contribution in [2.24, 2.45) is 0 Å². The molecule has 0 aromatic heterocycles. The van der Waals surface area contributed by atoms with Crippen LogP contribution in [0.15, 0.2) is 30.9 Å². The van der Waals surface area contributed by atoms with E-state index in [0.29, 0.717) is 0 Å². The third-order valence-corrected chi connectivity index (χ3v) is 3.72. The average Bonchev–Trinajstić information content (AvgIpc) is 2.39. The van der Waals surface area contributed by atoms with Gasteiger partial charge in [-0.3, -0.25) is 4.90 Å². The molecule has 6 heteroatoms. The van der Waals surface area contributed by atoms with E-state index >= 15 is 0 Å². The molecule has 1 fully saturated rings. The fourth-order valence-corrected chi connectivity index (χ4v) is 2.70. The Morgan fingerprint density at radius 2 is 1.95 bits per heavy atom. The Kier molecular flexibility index (Phi) is 4.73. The van der Waals surface area contributed by atoms with E-state index in [2.05, 4.69) is 16.8 Å². The lowest BCUT2D eigenvalue weighted by molar-refractivity contribution is -0.137. The van der Waals surface area contributed by atoms with Crippen LogP contribution in [-0.2, 0) is 6.18 Å². The minimum absolute atomic E-state index is 0.114. The Morgan fingerprint density at radius 1 is 1.30 bits per heavy atom. The third kappa shape index (κ3) is 3.34. The molecule has 1 aromatic carbocycles. The highest BCUT2D eigenvalue weighted by atomic mass is 35.5. The van der Waals surface area contributed by atoms with Gasteiger partial charge in [-0.05, 0) is 17.7 Å². The van der Waals surface area contributed by atoms with Crippen molar-refractivity contribution in [2.45, 2.75) is 12.2 Å². The standard InChI is InChI=1S/C14H16ClF3N2/c1-2-13(20-7-5-19-6-8-20)10-3-4-11(12(15)9-10)14(16,17)18/h2-4,9,13,19H,1,5-8H2/t13-/m0/s1. The van der Waals surface area contributed by atoms with Gasteiger partial charge in [-0.1, -0.05) is 23.7 Å². The number of rotatable bonds is 3. The highest BCUT2D eigenvalue weighted by Gasteiger charge is 2.33. The minimum Gasteiger partial charge on any atom is -0.314 e. The normalized spacial score (nSPS) is 18.8. The summed E-state index contributed by atoms with van der Waals surface area (Å²) in [7, 11) is 0. The fraction of sp³-hybridized carbons (Fsp3) is 0.429. The second kappa shape index (κ2) is 6.16. The van der Waals surface area contributed by atoms with E-state index in [4.69, 9.17) is 11.6 Å². The van der Waals surface area contributed by atoms with Gasteiger partial charge < -0.3 is 5.32 Å². The lowest BCUT2D eigenvalue weighted by Gasteiger charge is -2.33. The maximum absolute atomic E-state index is 12.7. The molecule has 1 atom stereocenters. The molecule has 1 N–H and O–H groups in total. The van der Waals surface area contributed by atoms with Crippen molar-refractivity contribution in [3.8, 4) is 0 Å². The Bertz CT molecular complexity index is 482. The maximum atomic E-state index is 12.7. The van der Waals surface area contributed by atoms with Crippen molar-refractivity contribution in [3.63, 3.8) is 0 Å². The molecule has 0 unspecified atom stereocenters. The Morgan fingerprint density at radius 3 is 2.45 bits per heavy atom. The number of hydrogen-bond donors (Lipinski definition) is 1. The summed E-state index contributed by atoms with van der Waals surface area (Å²) >= 11 is 5.77. The fourth-order valence-electron chi connectivity index (χ4n) is 2.40. The summed E-state index contributed by atoms with van der Waals surface area (Å²) < 4.78 is 38.1. The molecular weight excluding hydrogens is 289 g/mol. The van der Waals surface area contributed by atoms with Crippen LogP contribution in [0, 0.1) is 0 Å². The molecule has 1 aromatic rings. The zero-order valence-electron chi connectivity index (χ0n) is 10.9. The lowest BCUT2D eigenvalue weighted by Crippen LogP contribution is -2.44. The molecule has 0 spiro atoms. The van der Waals surface area contributed by atoms with E-state index < -0.39 is 11.7 Å². The van der Waals surface area contributed by atoms with E-state index in [0.717, 1.165) is 37.8 Å². The maximum Gasteiger partial charge on any atom is 0.417 e. The number of benzene rings is 1. The molecule has 0 amide bonds. The largest absolute Gasteiger partial charge is 0.417 e. The number of alkyl halides is 3. The Labute approximate surface area is 121 Å². The molecule has 0 aliphatic carbocycles. The predicted octanol–water partition coefficient (Wildman–Crippen LogP) is 3.49. The van der Waals surface area contributed by atoms with Crippen LogP contribution in [0.4, 0.5) is 13.2 Å². The number of piperazine rings is 1. The first-order valence-corrected chi connectivity index (χ1v) is 6.75. The molecule has 1 saturated heterocycles. The molecule has 20 heavy (non-hydrogen) atoms. The molecule has 1 aliphatic rings. The zero-order valence-corrected chi connectivity index (χ0v) is 11.6. The summed E-state index contributed by atoms with van der Waals surface area (Å²) in [4.78, 5) is 2.17. The van der Waals surface area contributed by atoms with Crippen LogP contribution in [0.5, 0.6) is 0 Å². The first kappa shape index (κ1) is 15.4. The molecule has 0 saturated carbocycles. The topological polar surface area (TPSA) is 15.3 Å². The molecule has 1 heterocycles. The van der Waals surface area contributed by atoms with Crippen molar-refractivity contribution < 1.29 is 13.2 Å². The van der Waals surface area contributed by atoms with Crippen LogP contribution in [0.2, 0.25) is 5.02 Å². The SMILES string of the molecule is C=C[C@@H](c1ccc(C(F)(F)F)c(Cl)c1)N1CCNCC1. The second-order valence-corrected chi connectivity index (χ2v) is 5.11. The highest BCUT2D eigenvalue weighted by molar-refractivity contribution is 6.31. The number of nitrogens with zero attached hydrogens (tertiary/aromatic N) is 1. The lowest BCUT2D eigenvalue weighted by atomic mass is 10.0. The van der Waals surface area contributed by atoms with Gasteiger partial charge in [0.05, 0.1) is 16.6 Å². The molecule has 0 bridgehead atoms. The van der Waals surface area contributed by atoms with Crippen LogP contribution in [0.3, 0.4) is 0 Å². The van der Waals surface area contributed by atoms with Gasteiger partial charge in [-0.2, -0.15) is 13.2 Å². The number of halogens is 4. The van der Waals surface area contributed by atoms with Gasteiger partial charge in [-0.15, -0.1) is 6.58 Å². The van der Waals surface area contributed by atoms with Gasteiger partial charge in [0.1, 0.15) is 0 Å². The monoisotopic (exact) mass is 304 g/mol. The van der Waals surface area contributed by atoms with Crippen LogP contribution >= 0.6 is 11.6 Å². The first-order valence-electron chi connectivity index (χ1n) is 6.37. The summed E-state index contributed by atoms with van der Waals surface area (Å²) in [5.41, 5.74) is -0.0639. The molecular formula is C14H16ClF3N2. The van der Waals surface area contributed by atoms with E-state index in [1.165, 1.54) is 12.1 Å². The number of hydrogen-bond acceptors (Lipinski definition) is 2. The first-order chi connectivity index (χ1) is 9.43. The Balaban J connectivity index is 2.27. The predicted molar refractivity (Wildman–Crippen MR) is 73.8 cm³/mol. The zero-order chi connectivity index (χ0) is 14.8. The van der Waals surface area contributed by atoms with Crippen LogP contribution < -0.4 is 5.32 Å². The molecule has 2 nitrogen and oxygen atoms in total. The van der Waals surface area contributed by atoms with Crippen LogP contribution in [0.1, 0.15) is 17.2 Å². The second-order valence-electron chi connectivity index (χ2n) is 4.70.